The zero-order valence-electron chi connectivity index (χ0n) is 10.8. The van der Waals surface area contributed by atoms with Crippen LogP contribution in [0, 0.1) is 0 Å². The fourth-order valence-electron chi connectivity index (χ4n) is 1.99. The molecule has 0 radical (unpaired) electrons. The van der Waals surface area contributed by atoms with Gasteiger partial charge in [0.05, 0.1) is 11.5 Å². The lowest BCUT2D eigenvalue weighted by Crippen LogP contribution is -2.50. The minimum atomic E-state index is -3.53. The van der Waals surface area contributed by atoms with Crippen LogP contribution < -0.4 is 10.0 Å². The molecule has 1 aliphatic rings. The molecule has 1 heterocycles. The predicted octanol–water partition coefficient (Wildman–Crippen LogP) is -0.519. The van der Waals surface area contributed by atoms with Gasteiger partial charge in [-0.3, -0.25) is 0 Å². The third-order valence-electron chi connectivity index (χ3n) is 3.04. The molecule has 18 heavy (non-hydrogen) atoms. The van der Waals surface area contributed by atoms with Gasteiger partial charge in [-0.2, -0.15) is 0 Å². The van der Waals surface area contributed by atoms with Crippen molar-refractivity contribution in [1.29, 1.82) is 0 Å². The van der Waals surface area contributed by atoms with Crippen LogP contribution in [0.3, 0.4) is 0 Å². The predicted molar refractivity (Wildman–Crippen MR) is 71.7 cm³/mol. The standard InChI is InChI=1S/C10H22N2O4S2/c1-9(10-5-3-4-6-11-10)12-18(15,16)8-7-17(2,13)14/h9-12H,3-8H2,1-2H3. The molecule has 1 fully saturated rings. The zero-order valence-corrected chi connectivity index (χ0v) is 12.5. The van der Waals surface area contributed by atoms with E-state index in [1.54, 1.807) is 6.92 Å². The summed E-state index contributed by atoms with van der Waals surface area (Å²) < 4.78 is 47.9. The largest absolute Gasteiger partial charge is 0.312 e. The van der Waals surface area contributed by atoms with Crippen molar-refractivity contribution in [3.05, 3.63) is 0 Å². The van der Waals surface area contributed by atoms with Gasteiger partial charge in [0, 0.05) is 18.3 Å². The maximum atomic E-state index is 11.7. The Balaban J connectivity index is 2.48. The number of rotatable bonds is 6. The van der Waals surface area contributed by atoms with Crippen molar-refractivity contribution < 1.29 is 16.8 Å². The summed E-state index contributed by atoms with van der Waals surface area (Å²) in [6.07, 6.45) is 4.18. The Labute approximate surface area is 110 Å². The van der Waals surface area contributed by atoms with Crippen LogP contribution in [0.2, 0.25) is 0 Å². The van der Waals surface area contributed by atoms with E-state index in [2.05, 4.69) is 10.0 Å². The van der Waals surface area contributed by atoms with E-state index in [0.717, 1.165) is 32.1 Å². The van der Waals surface area contributed by atoms with Gasteiger partial charge in [-0.25, -0.2) is 21.6 Å². The first-order chi connectivity index (χ1) is 8.20. The number of nitrogens with one attached hydrogen (secondary N) is 2. The van der Waals surface area contributed by atoms with Crippen molar-refractivity contribution in [2.45, 2.75) is 38.3 Å². The Morgan fingerprint density at radius 3 is 2.39 bits per heavy atom. The minimum absolute atomic E-state index is 0.131. The van der Waals surface area contributed by atoms with Crippen LogP contribution in [0.1, 0.15) is 26.2 Å². The number of hydrogen-bond acceptors (Lipinski definition) is 5. The topological polar surface area (TPSA) is 92.3 Å². The average molecular weight is 298 g/mol. The van der Waals surface area contributed by atoms with E-state index in [9.17, 15) is 16.8 Å². The van der Waals surface area contributed by atoms with Crippen molar-refractivity contribution in [3.63, 3.8) is 0 Å². The van der Waals surface area contributed by atoms with Crippen LogP contribution in [-0.2, 0) is 19.9 Å². The lowest BCUT2D eigenvalue weighted by atomic mass is 10.00. The molecule has 0 saturated carbocycles. The molecular formula is C10H22N2O4S2. The number of hydrogen-bond donors (Lipinski definition) is 2. The molecule has 0 aliphatic carbocycles. The highest BCUT2D eigenvalue weighted by Gasteiger charge is 2.24. The van der Waals surface area contributed by atoms with Crippen LogP contribution >= 0.6 is 0 Å². The second kappa shape index (κ2) is 6.31. The Morgan fingerprint density at radius 2 is 1.89 bits per heavy atom. The normalized spacial score (nSPS) is 23.8. The molecule has 1 saturated heterocycles. The molecule has 0 bridgehead atoms. The Bertz CT molecular complexity index is 452. The van der Waals surface area contributed by atoms with Crippen molar-refractivity contribution in [2.75, 3.05) is 24.3 Å². The van der Waals surface area contributed by atoms with Crippen LogP contribution in [0.4, 0.5) is 0 Å². The van der Waals surface area contributed by atoms with Gasteiger partial charge in [0.15, 0.2) is 0 Å². The lowest BCUT2D eigenvalue weighted by molar-refractivity contribution is 0.347. The minimum Gasteiger partial charge on any atom is -0.312 e. The fraction of sp³-hybridized carbons (Fsp3) is 1.00. The van der Waals surface area contributed by atoms with Crippen molar-refractivity contribution in [1.82, 2.24) is 10.0 Å². The summed E-state index contributed by atoms with van der Waals surface area (Å²) in [7, 11) is -6.79. The Hall–Kier alpha value is -0.180. The summed E-state index contributed by atoms with van der Waals surface area (Å²) in [6.45, 7) is 2.71. The molecule has 2 atom stereocenters. The molecule has 2 unspecified atom stereocenters. The molecule has 1 rings (SSSR count). The van der Waals surface area contributed by atoms with E-state index in [0.29, 0.717) is 0 Å². The highest BCUT2D eigenvalue weighted by molar-refractivity contribution is 7.93. The second-order valence-electron chi connectivity index (χ2n) is 4.91. The van der Waals surface area contributed by atoms with Gasteiger partial charge >= 0.3 is 0 Å². The zero-order chi connectivity index (χ0) is 13.8. The second-order valence-corrected chi connectivity index (χ2v) is 9.04. The summed E-state index contributed by atoms with van der Waals surface area (Å²) in [5.74, 6) is -0.712. The molecule has 8 heteroatoms. The van der Waals surface area contributed by atoms with Gasteiger partial charge in [-0.15, -0.1) is 0 Å². The molecule has 0 spiro atoms. The van der Waals surface area contributed by atoms with Gasteiger partial charge in [0.25, 0.3) is 0 Å². The Kier molecular flexibility index (Phi) is 5.57. The smallest absolute Gasteiger partial charge is 0.212 e. The quantitative estimate of drug-likeness (QED) is 0.688. The maximum Gasteiger partial charge on any atom is 0.212 e. The summed E-state index contributed by atoms with van der Waals surface area (Å²) in [5, 5.41) is 3.27. The molecule has 2 N–H and O–H groups in total. The number of sulfone groups is 1. The van der Waals surface area contributed by atoms with E-state index >= 15 is 0 Å². The van der Waals surface area contributed by atoms with Gasteiger partial charge in [-0.1, -0.05) is 6.42 Å². The van der Waals surface area contributed by atoms with Crippen molar-refractivity contribution >= 4 is 19.9 Å². The van der Waals surface area contributed by atoms with E-state index < -0.39 is 19.9 Å². The van der Waals surface area contributed by atoms with Crippen LogP contribution in [0.25, 0.3) is 0 Å². The third-order valence-corrected chi connectivity index (χ3v) is 5.72. The monoisotopic (exact) mass is 298 g/mol. The molecule has 0 aromatic heterocycles. The molecule has 6 nitrogen and oxygen atoms in total. The first-order valence-corrected chi connectivity index (χ1v) is 9.82. The van der Waals surface area contributed by atoms with E-state index in [1.165, 1.54) is 0 Å². The first-order valence-electron chi connectivity index (χ1n) is 6.11. The lowest BCUT2D eigenvalue weighted by Gasteiger charge is -2.29. The highest BCUT2D eigenvalue weighted by Crippen LogP contribution is 2.11. The van der Waals surface area contributed by atoms with Gasteiger partial charge in [0.2, 0.25) is 10.0 Å². The summed E-state index contributed by atoms with van der Waals surface area (Å²) in [5.41, 5.74) is 0. The number of piperidine rings is 1. The van der Waals surface area contributed by atoms with Crippen molar-refractivity contribution in [3.8, 4) is 0 Å². The average Bonchev–Trinajstić information content (AvgIpc) is 2.26. The number of sulfonamides is 1. The fourth-order valence-corrected chi connectivity index (χ4v) is 4.93. The van der Waals surface area contributed by atoms with E-state index in [4.69, 9.17) is 0 Å². The van der Waals surface area contributed by atoms with E-state index in [1.807, 2.05) is 0 Å². The van der Waals surface area contributed by atoms with Crippen molar-refractivity contribution in [2.24, 2.45) is 0 Å². The van der Waals surface area contributed by atoms with Crippen LogP contribution in [-0.4, -0.2) is 53.2 Å². The maximum absolute atomic E-state index is 11.7. The van der Waals surface area contributed by atoms with Gasteiger partial charge in [0.1, 0.15) is 9.84 Å². The highest BCUT2D eigenvalue weighted by atomic mass is 32.2. The summed E-state index contributed by atoms with van der Waals surface area (Å²) >= 11 is 0. The van der Waals surface area contributed by atoms with E-state index in [-0.39, 0.29) is 23.6 Å². The molecule has 0 aromatic carbocycles. The van der Waals surface area contributed by atoms with Crippen LogP contribution in [0.5, 0.6) is 0 Å². The molecule has 0 amide bonds. The molecule has 1 aliphatic heterocycles. The summed E-state index contributed by atoms with van der Waals surface area (Å²) in [4.78, 5) is 0. The summed E-state index contributed by atoms with van der Waals surface area (Å²) in [6, 6.07) is -0.0818. The molecule has 0 aromatic rings. The molecular weight excluding hydrogens is 276 g/mol. The van der Waals surface area contributed by atoms with Gasteiger partial charge in [-0.05, 0) is 26.3 Å². The SMILES string of the molecule is CC(NS(=O)(=O)CCS(C)(=O)=O)C1CCCCN1. The Morgan fingerprint density at radius 1 is 1.22 bits per heavy atom. The molecule has 108 valence electrons. The first kappa shape index (κ1) is 15.9. The third kappa shape index (κ3) is 6.12. The van der Waals surface area contributed by atoms with Crippen LogP contribution in [0.15, 0.2) is 0 Å². The van der Waals surface area contributed by atoms with Gasteiger partial charge < -0.3 is 5.32 Å².